The summed E-state index contributed by atoms with van der Waals surface area (Å²) in [4.78, 5) is 0. The normalized spacial score (nSPS) is 13.9. The third-order valence-corrected chi connectivity index (χ3v) is 1.23. The molecule has 0 unspecified atom stereocenters. The summed E-state index contributed by atoms with van der Waals surface area (Å²) in [5, 5.41) is 13.8. The quantitative estimate of drug-likeness (QED) is 0.292. The smallest absolute Gasteiger partial charge is 0.117 e. The van der Waals surface area contributed by atoms with Crippen LogP contribution in [0, 0.1) is 0 Å². The van der Waals surface area contributed by atoms with Crippen molar-refractivity contribution in [3.63, 3.8) is 0 Å². The lowest BCUT2D eigenvalue weighted by molar-refractivity contribution is 0.940. The topological polar surface area (TPSA) is 49.4 Å². The molecule has 0 spiro atoms. The maximum atomic E-state index is 5.52. The number of allylic oxidation sites excluding steroid dienone is 4. The maximum Gasteiger partial charge on any atom is 0.153 e. The molecule has 0 radical (unpaired) electrons. The Kier molecular flexibility index (Phi) is 7.59. The van der Waals surface area contributed by atoms with Gasteiger partial charge in [-0.1, -0.05) is 48.5 Å². The second kappa shape index (κ2) is 8.34. The minimum absolute atomic E-state index is 0.155. The van der Waals surface area contributed by atoms with Crippen molar-refractivity contribution in [2.75, 3.05) is 0 Å². The predicted molar refractivity (Wildman–Crippen MR) is 58.0 cm³/mol. The number of nitrogens with zero attached hydrogens (tertiary/aromatic N) is 4. The van der Waals surface area contributed by atoms with E-state index < -0.39 is 0 Å². The van der Waals surface area contributed by atoms with Gasteiger partial charge in [-0.25, -0.2) is 0 Å². The Bertz CT molecular complexity index is 283. The van der Waals surface area contributed by atoms with Crippen LogP contribution in [0.1, 0.15) is 0 Å². The second-order valence-electron chi connectivity index (χ2n) is 1.83. The van der Waals surface area contributed by atoms with Crippen LogP contribution in [0.4, 0.5) is 0 Å². The van der Waals surface area contributed by atoms with Crippen LogP contribution in [-0.4, -0.2) is 0 Å². The van der Waals surface area contributed by atoms with Crippen LogP contribution in [0.15, 0.2) is 68.4 Å². The second-order valence-corrected chi connectivity index (χ2v) is 2.60. The van der Waals surface area contributed by atoms with Crippen LogP contribution in [0.3, 0.4) is 0 Å². The molecule has 0 rings (SSSR count). The summed E-state index contributed by atoms with van der Waals surface area (Å²) in [6, 6.07) is 0. The van der Waals surface area contributed by atoms with Gasteiger partial charge in [-0.15, -0.1) is 10.2 Å². The Morgan fingerprint density at radius 3 is 1.50 bits per heavy atom. The van der Waals surface area contributed by atoms with Gasteiger partial charge in [-0.05, 0) is 22.6 Å². The molecule has 0 heterocycles. The summed E-state index contributed by atoms with van der Waals surface area (Å²) < 4.78 is 0. The summed E-state index contributed by atoms with van der Waals surface area (Å²) >= 11 is 11.0. The molecule has 0 aromatic carbocycles. The van der Waals surface area contributed by atoms with Crippen molar-refractivity contribution >= 4 is 23.2 Å². The Hall–Kier alpha value is -1.26. The average molecular weight is 231 g/mol. The van der Waals surface area contributed by atoms with Crippen LogP contribution in [-0.2, 0) is 0 Å². The lowest BCUT2D eigenvalue weighted by Crippen LogP contribution is -1.61. The molecule has 0 aliphatic carbocycles. The standard InChI is InChI=1S/C8H8Cl2N4/c1-3-5-7(9)11-13-14-12-8(10)6-4-2/h3-6H,1-2H2/b7-5-,8-6-,13-11?,14-12?. The molecule has 0 saturated heterocycles. The minimum Gasteiger partial charge on any atom is -0.117 e. The molecule has 4 nitrogen and oxygen atoms in total. The molecule has 0 amide bonds. The van der Waals surface area contributed by atoms with Crippen LogP contribution in [0.2, 0.25) is 0 Å². The lowest BCUT2D eigenvalue weighted by Gasteiger charge is -1.81. The number of halogens is 2. The first-order valence-electron chi connectivity index (χ1n) is 3.49. The monoisotopic (exact) mass is 230 g/mol. The zero-order valence-electron chi connectivity index (χ0n) is 7.27. The van der Waals surface area contributed by atoms with E-state index in [1.165, 1.54) is 24.3 Å². The first kappa shape index (κ1) is 12.7. The van der Waals surface area contributed by atoms with Gasteiger partial charge >= 0.3 is 0 Å². The van der Waals surface area contributed by atoms with Gasteiger partial charge in [-0.3, -0.25) is 0 Å². The fourth-order valence-corrected chi connectivity index (χ4v) is 0.632. The third-order valence-electron chi connectivity index (χ3n) is 0.831. The third kappa shape index (κ3) is 7.39. The molecule has 0 fully saturated rings. The van der Waals surface area contributed by atoms with Gasteiger partial charge in [0, 0.05) is 0 Å². The molecule has 14 heavy (non-hydrogen) atoms. The fourth-order valence-electron chi connectivity index (χ4n) is 0.387. The molecular formula is C8H8Cl2N4. The van der Waals surface area contributed by atoms with Crippen molar-refractivity contribution in [3.8, 4) is 0 Å². The van der Waals surface area contributed by atoms with Crippen molar-refractivity contribution in [2.24, 2.45) is 20.7 Å². The van der Waals surface area contributed by atoms with Crippen LogP contribution >= 0.6 is 23.2 Å². The number of rotatable bonds is 5. The SMILES string of the molecule is C=C/C=C(/Cl)N=NN=N/C(Cl)=C\C=C. The number of hydrogen-bond donors (Lipinski definition) is 0. The number of hydrogen-bond acceptors (Lipinski definition) is 2. The fraction of sp³-hybridized carbons (Fsp3) is 0. The zero-order chi connectivity index (χ0) is 10.8. The van der Waals surface area contributed by atoms with E-state index in [0.29, 0.717) is 0 Å². The first-order chi connectivity index (χ1) is 6.70. The predicted octanol–water partition coefficient (Wildman–Crippen LogP) is 4.34. The Morgan fingerprint density at radius 2 is 1.21 bits per heavy atom. The van der Waals surface area contributed by atoms with Crippen molar-refractivity contribution in [3.05, 3.63) is 47.8 Å². The van der Waals surface area contributed by atoms with Gasteiger partial charge in [0.2, 0.25) is 0 Å². The van der Waals surface area contributed by atoms with Crippen LogP contribution < -0.4 is 0 Å². The summed E-state index contributed by atoms with van der Waals surface area (Å²) in [7, 11) is 0. The highest BCUT2D eigenvalue weighted by Gasteiger charge is 1.83. The van der Waals surface area contributed by atoms with Gasteiger partial charge in [0.25, 0.3) is 0 Å². The molecular weight excluding hydrogens is 223 g/mol. The van der Waals surface area contributed by atoms with E-state index in [1.54, 1.807) is 0 Å². The van der Waals surface area contributed by atoms with E-state index in [1.807, 2.05) is 0 Å². The average Bonchev–Trinajstić information content (AvgIpc) is 2.13. The Morgan fingerprint density at radius 1 is 0.857 bits per heavy atom. The van der Waals surface area contributed by atoms with E-state index >= 15 is 0 Å². The molecule has 0 atom stereocenters. The highest BCUT2D eigenvalue weighted by Crippen LogP contribution is 2.06. The summed E-state index contributed by atoms with van der Waals surface area (Å²) in [5.74, 6) is 0. The van der Waals surface area contributed by atoms with Crippen molar-refractivity contribution in [2.45, 2.75) is 0 Å². The minimum atomic E-state index is 0.155. The molecule has 0 aromatic heterocycles. The molecule has 6 heteroatoms. The molecule has 0 bridgehead atoms. The Labute approximate surface area is 92.0 Å². The van der Waals surface area contributed by atoms with Crippen molar-refractivity contribution < 1.29 is 0 Å². The van der Waals surface area contributed by atoms with Crippen molar-refractivity contribution in [1.82, 2.24) is 0 Å². The highest BCUT2D eigenvalue weighted by atomic mass is 35.5. The summed E-state index contributed by atoms with van der Waals surface area (Å²) in [5.41, 5.74) is 0. The molecule has 0 aromatic rings. The largest absolute Gasteiger partial charge is 0.153 e. The van der Waals surface area contributed by atoms with Gasteiger partial charge in [-0.2, -0.15) is 0 Å². The summed E-state index contributed by atoms with van der Waals surface area (Å²) in [6.45, 7) is 6.85. The first-order valence-corrected chi connectivity index (χ1v) is 4.24. The van der Waals surface area contributed by atoms with Gasteiger partial charge < -0.3 is 0 Å². The molecule has 0 aliphatic heterocycles. The van der Waals surface area contributed by atoms with Crippen LogP contribution in [0.5, 0.6) is 0 Å². The Balaban J connectivity index is 4.17. The van der Waals surface area contributed by atoms with Gasteiger partial charge in [0.15, 0.2) is 10.3 Å². The molecule has 0 aliphatic rings. The molecule has 74 valence electrons. The highest BCUT2D eigenvalue weighted by molar-refractivity contribution is 6.29. The molecule has 0 saturated carbocycles. The summed E-state index contributed by atoms with van der Waals surface area (Å²) in [6.07, 6.45) is 5.87. The van der Waals surface area contributed by atoms with E-state index in [0.717, 1.165) is 0 Å². The van der Waals surface area contributed by atoms with Crippen molar-refractivity contribution in [1.29, 1.82) is 0 Å². The van der Waals surface area contributed by atoms with Gasteiger partial charge in [0.05, 0.1) is 0 Å². The van der Waals surface area contributed by atoms with E-state index in [-0.39, 0.29) is 10.3 Å². The van der Waals surface area contributed by atoms with E-state index in [9.17, 15) is 0 Å². The van der Waals surface area contributed by atoms with Crippen LogP contribution in [0.25, 0.3) is 0 Å². The zero-order valence-corrected chi connectivity index (χ0v) is 8.78. The van der Waals surface area contributed by atoms with E-state index in [4.69, 9.17) is 23.2 Å². The van der Waals surface area contributed by atoms with E-state index in [2.05, 4.69) is 33.8 Å². The molecule has 0 N–H and O–H groups in total. The maximum absolute atomic E-state index is 5.52. The lowest BCUT2D eigenvalue weighted by atomic mass is 10.6. The van der Waals surface area contributed by atoms with Gasteiger partial charge in [0.1, 0.15) is 0 Å².